The van der Waals surface area contributed by atoms with Crippen molar-refractivity contribution in [3.63, 3.8) is 0 Å². The number of amides is 1. The molecular weight excluding hydrogens is 449 g/mol. The molecule has 0 saturated heterocycles. The quantitative estimate of drug-likeness (QED) is 0.341. The molecule has 162 valence electrons. The topological polar surface area (TPSA) is 64.1 Å². The van der Waals surface area contributed by atoms with Crippen molar-refractivity contribution in [2.45, 2.75) is 17.2 Å². The molecule has 0 saturated carbocycles. The number of hydrogen-bond donors (Lipinski definition) is 1. The molecule has 0 unspecified atom stereocenters. The maximum Gasteiger partial charge on any atom is 0.237 e. The van der Waals surface area contributed by atoms with Crippen LogP contribution in [0.5, 0.6) is 5.75 Å². The number of nitrogens with zero attached hydrogens (tertiary/aromatic N) is 2. The minimum Gasteiger partial charge on any atom is -0.495 e. The summed E-state index contributed by atoms with van der Waals surface area (Å²) in [4.78, 5) is 12.8. The van der Waals surface area contributed by atoms with Crippen molar-refractivity contribution in [3.05, 3.63) is 77.6 Å². The molecule has 1 amide bonds. The fraction of sp³-hybridized carbons (Fsp3) is 0.125. The Labute approximate surface area is 194 Å². The van der Waals surface area contributed by atoms with Crippen molar-refractivity contribution in [2.24, 2.45) is 0 Å². The first-order chi connectivity index (χ1) is 15.5. The molecule has 1 aromatic heterocycles. The van der Waals surface area contributed by atoms with Gasteiger partial charge in [0, 0.05) is 21.4 Å². The normalized spacial score (nSPS) is 11.9. The number of rotatable bonds is 6. The Kier molecular flexibility index (Phi) is 6.58. The van der Waals surface area contributed by atoms with E-state index in [-0.39, 0.29) is 11.7 Å². The maximum atomic E-state index is 13.3. The number of benzene rings is 3. The first kappa shape index (κ1) is 22.0. The summed E-state index contributed by atoms with van der Waals surface area (Å²) in [5, 5.41) is 14.0. The predicted molar refractivity (Wildman–Crippen MR) is 127 cm³/mol. The molecule has 0 radical (unpaired) electrons. The van der Waals surface area contributed by atoms with Crippen LogP contribution >= 0.6 is 23.4 Å². The van der Waals surface area contributed by atoms with Crippen molar-refractivity contribution in [1.29, 1.82) is 0 Å². The zero-order chi connectivity index (χ0) is 22.7. The van der Waals surface area contributed by atoms with E-state index >= 15 is 0 Å². The largest absolute Gasteiger partial charge is 0.495 e. The Morgan fingerprint density at radius 3 is 2.50 bits per heavy atom. The third-order valence-electron chi connectivity index (χ3n) is 4.85. The number of hydrogen-bond acceptors (Lipinski definition) is 5. The zero-order valence-corrected chi connectivity index (χ0v) is 18.9. The molecule has 4 rings (SSSR count). The summed E-state index contributed by atoms with van der Waals surface area (Å²) < 4.78 is 18.6. The standard InChI is InChI=1S/C24H19ClFN3O2S/c1-14(23(30)27-20-13-16(25)9-12-21(20)31-2)32-24-19-6-4-3-5-18(19)22(28-29-24)15-7-10-17(26)11-8-15/h3-14H,1-2H3,(H,27,30)/t14-/m0/s1. The van der Waals surface area contributed by atoms with E-state index in [0.29, 0.717) is 27.2 Å². The summed E-state index contributed by atoms with van der Waals surface area (Å²) in [6.07, 6.45) is 0. The molecule has 0 spiro atoms. The Morgan fingerprint density at radius 1 is 1.06 bits per heavy atom. The second-order valence-corrected chi connectivity index (χ2v) is 8.77. The molecule has 0 aliphatic rings. The Hall–Kier alpha value is -3.16. The highest BCUT2D eigenvalue weighted by Crippen LogP contribution is 2.34. The van der Waals surface area contributed by atoms with Gasteiger partial charge in [-0.25, -0.2) is 4.39 Å². The average molecular weight is 468 g/mol. The van der Waals surface area contributed by atoms with Crippen LogP contribution in [-0.4, -0.2) is 28.5 Å². The lowest BCUT2D eigenvalue weighted by Crippen LogP contribution is -2.23. The molecule has 0 aliphatic heterocycles. The van der Waals surface area contributed by atoms with E-state index in [2.05, 4.69) is 15.5 Å². The van der Waals surface area contributed by atoms with E-state index in [9.17, 15) is 9.18 Å². The van der Waals surface area contributed by atoms with Gasteiger partial charge in [-0.05, 0) is 49.4 Å². The highest BCUT2D eigenvalue weighted by atomic mass is 35.5. The van der Waals surface area contributed by atoms with E-state index in [0.717, 1.165) is 16.3 Å². The SMILES string of the molecule is COc1ccc(Cl)cc1NC(=O)[C@H](C)Sc1nnc(-c2ccc(F)cc2)c2ccccc12. The van der Waals surface area contributed by atoms with Crippen LogP contribution in [0.2, 0.25) is 5.02 Å². The number of halogens is 2. The van der Waals surface area contributed by atoms with E-state index in [1.165, 1.54) is 31.0 Å². The lowest BCUT2D eigenvalue weighted by Gasteiger charge is -2.15. The van der Waals surface area contributed by atoms with Gasteiger partial charge in [0.25, 0.3) is 0 Å². The number of carbonyl (C=O) groups is 1. The van der Waals surface area contributed by atoms with Gasteiger partial charge in [0.2, 0.25) is 5.91 Å². The fourth-order valence-electron chi connectivity index (χ4n) is 3.22. The molecule has 8 heteroatoms. The third kappa shape index (κ3) is 4.69. The van der Waals surface area contributed by atoms with Crippen LogP contribution in [0.15, 0.2) is 71.8 Å². The average Bonchev–Trinajstić information content (AvgIpc) is 2.80. The zero-order valence-electron chi connectivity index (χ0n) is 17.3. The second kappa shape index (κ2) is 9.54. The summed E-state index contributed by atoms with van der Waals surface area (Å²) in [6, 6.07) is 18.9. The molecule has 5 nitrogen and oxygen atoms in total. The van der Waals surface area contributed by atoms with E-state index < -0.39 is 5.25 Å². The van der Waals surface area contributed by atoms with Crippen molar-refractivity contribution >= 4 is 45.7 Å². The molecular formula is C24H19ClFN3O2S. The van der Waals surface area contributed by atoms with Gasteiger partial charge in [-0.1, -0.05) is 47.6 Å². The molecule has 1 N–H and O–H groups in total. The lowest BCUT2D eigenvalue weighted by atomic mass is 10.1. The maximum absolute atomic E-state index is 13.3. The highest BCUT2D eigenvalue weighted by molar-refractivity contribution is 8.00. The van der Waals surface area contributed by atoms with Crippen molar-refractivity contribution < 1.29 is 13.9 Å². The number of aromatic nitrogens is 2. The molecule has 1 heterocycles. The Morgan fingerprint density at radius 2 is 1.78 bits per heavy atom. The summed E-state index contributed by atoms with van der Waals surface area (Å²) in [6.45, 7) is 1.79. The minimum atomic E-state index is -0.465. The van der Waals surface area contributed by atoms with E-state index in [1.807, 2.05) is 24.3 Å². The minimum absolute atomic E-state index is 0.218. The van der Waals surface area contributed by atoms with Crippen LogP contribution in [0.25, 0.3) is 22.0 Å². The van der Waals surface area contributed by atoms with E-state index in [1.54, 1.807) is 37.3 Å². The summed E-state index contributed by atoms with van der Waals surface area (Å²) in [7, 11) is 1.53. The monoisotopic (exact) mass is 467 g/mol. The van der Waals surface area contributed by atoms with Crippen LogP contribution in [0.1, 0.15) is 6.92 Å². The van der Waals surface area contributed by atoms with Crippen LogP contribution in [0.4, 0.5) is 10.1 Å². The van der Waals surface area contributed by atoms with E-state index in [4.69, 9.17) is 16.3 Å². The van der Waals surface area contributed by atoms with Gasteiger partial charge in [0.1, 0.15) is 22.3 Å². The fourth-order valence-corrected chi connectivity index (χ4v) is 4.29. The second-order valence-electron chi connectivity index (χ2n) is 7.00. The summed E-state index contributed by atoms with van der Waals surface area (Å²) in [5.41, 5.74) is 1.93. The Bertz CT molecular complexity index is 1280. The summed E-state index contributed by atoms with van der Waals surface area (Å²) in [5.74, 6) is -0.00716. The van der Waals surface area contributed by atoms with Gasteiger partial charge in [0.05, 0.1) is 18.0 Å². The molecule has 4 aromatic rings. The molecule has 0 bridgehead atoms. The van der Waals surface area contributed by atoms with Crippen LogP contribution in [-0.2, 0) is 4.79 Å². The van der Waals surface area contributed by atoms with Crippen molar-refractivity contribution in [3.8, 4) is 17.0 Å². The first-order valence-corrected chi connectivity index (χ1v) is 11.0. The first-order valence-electron chi connectivity index (χ1n) is 9.78. The number of thioether (sulfide) groups is 1. The molecule has 0 fully saturated rings. The number of methoxy groups -OCH3 is 1. The lowest BCUT2D eigenvalue weighted by molar-refractivity contribution is -0.115. The van der Waals surface area contributed by atoms with Gasteiger partial charge in [-0.2, -0.15) is 0 Å². The predicted octanol–water partition coefficient (Wildman–Crippen LogP) is 6.22. The van der Waals surface area contributed by atoms with Gasteiger partial charge >= 0.3 is 0 Å². The van der Waals surface area contributed by atoms with Crippen LogP contribution in [0, 0.1) is 5.82 Å². The van der Waals surface area contributed by atoms with Gasteiger partial charge in [0.15, 0.2) is 0 Å². The van der Waals surface area contributed by atoms with Gasteiger partial charge < -0.3 is 10.1 Å². The molecule has 3 aromatic carbocycles. The Balaban J connectivity index is 1.60. The molecule has 32 heavy (non-hydrogen) atoms. The smallest absolute Gasteiger partial charge is 0.237 e. The van der Waals surface area contributed by atoms with Gasteiger partial charge in [-0.3, -0.25) is 4.79 Å². The molecule has 0 aliphatic carbocycles. The third-order valence-corrected chi connectivity index (χ3v) is 6.18. The summed E-state index contributed by atoms with van der Waals surface area (Å²) >= 11 is 7.36. The van der Waals surface area contributed by atoms with Crippen LogP contribution in [0.3, 0.4) is 0 Å². The van der Waals surface area contributed by atoms with Gasteiger partial charge in [-0.15, -0.1) is 10.2 Å². The number of carbonyl (C=O) groups excluding carboxylic acids is 1. The number of anilines is 1. The number of nitrogens with one attached hydrogen (secondary N) is 1. The number of ether oxygens (including phenoxy) is 1. The highest BCUT2D eigenvalue weighted by Gasteiger charge is 2.20. The van der Waals surface area contributed by atoms with Crippen LogP contribution < -0.4 is 10.1 Å². The van der Waals surface area contributed by atoms with Crippen molar-refractivity contribution in [2.75, 3.05) is 12.4 Å². The number of fused-ring (bicyclic) bond motifs is 1. The molecule has 1 atom stereocenters. The van der Waals surface area contributed by atoms with Crippen molar-refractivity contribution in [1.82, 2.24) is 10.2 Å².